The first-order valence-electron chi connectivity index (χ1n) is 8.68. The second-order valence-electron chi connectivity index (χ2n) is 6.14. The Kier molecular flexibility index (Phi) is 5.73. The van der Waals surface area contributed by atoms with Gasteiger partial charge in [-0.1, -0.05) is 18.2 Å². The molecule has 0 aliphatic rings. The highest BCUT2D eigenvalue weighted by Gasteiger charge is 2.17. The van der Waals surface area contributed by atoms with Gasteiger partial charge in [0.15, 0.2) is 6.10 Å². The zero-order chi connectivity index (χ0) is 18.4. The molecule has 3 aromatic rings. The number of aryl methyl sites for hydroxylation is 1. The number of para-hydroxylation sites is 1. The molecule has 6 heteroatoms. The van der Waals surface area contributed by atoms with E-state index in [2.05, 4.69) is 16.4 Å². The van der Waals surface area contributed by atoms with Crippen molar-refractivity contribution in [3.05, 3.63) is 60.2 Å². The Balaban J connectivity index is 1.40. The van der Waals surface area contributed by atoms with E-state index in [1.165, 1.54) is 10.9 Å². The van der Waals surface area contributed by atoms with Crippen molar-refractivity contribution in [1.29, 1.82) is 0 Å². The van der Waals surface area contributed by atoms with Crippen molar-refractivity contribution in [2.75, 3.05) is 0 Å². The molecule has 1 atom stereocenters. The van der Waals surface area contributed by atoms with Crippen LogP contribution < -0.4 is 5.32 Å². The molecule has 136 valence electrons. The van der Waals surface area contributed by atoms with Gasteiger partial charge in [-0.15, -0.1) is 0 Å². The number of rotatable bonds is 8. The van der Waals surface area contributed by atoms with E-state index in [-0.39, 0.29) is 24.8 Å². The number of esters is 1. The molecule has 6 nitrogen and oxygen atoms in total. The fourth-order valence-electron chi connectivity index (χ4n) is 2.80. The lowest BCUT2D eigenvalue weighted by Crippen LogP contribution is -2.35. The quantitative estimate of drug-likeness (QED) is 0.608. The standard InChI is InChI=1S/C20H22N2O4/c1-14(20(24)22-13-16-7-5-11-25-16)26-19(23)10-4-6-15-12-21-18-9-3-2-8-17(15)18/h2-3,5,7-9,11-12,14,21H,4,6,10,13H2,1H3,(H,22,24)/t14-/m0/s1. The summed E-state index contributed by atoms with van der Waals surface area (Å²) in [5, 5.41) is 3.85. The molecule has 3 rings (SSSR count). The van der Waals surface area contributed by atoms with Crippen molar-refractivity contribution < 1.29 is 18.7 Å². The molecule has 0 saturated carbocycles. The first kappa shape index (κ1) is 17.8. The van der Waals surface area contributed by atoms with Gasteiger partial charge in [0.25, 0.3) is 5.91 Å². The number of hydrogen-bond acceptors (Lipinski definition) is 4. The smallest absolute Gasteiger partial charge is 0.306 e. The monoisotopic (exact) mass is 354 g/mol. The number of hydrogen-bond donors (Lipinski definition) is 2. The summed E-state index contributed by atoms with van der Waals surface area (Å²) in [6, 6.07) is 11.6. The van der Waals surface area contributed by atoms with Gasteiger partial charge in [-0.3, -0.25) is 9.59 Å². The van der Waals surface area contributed by atoms with Crippen molar-refractivity contribution in [3.63, 3.8) is 0 Å². The minimum absolute atomic E-state index is 0.272. The summed E-state index contributed by atoms with van der Waals surface area (Å²) in [6.45, 7) is 1.84. The van der Waals surface area contributed by atoms with E-state index in [4.69, 9.17) is 9.15 Å². The number of benzene rings is 1. The summed E-state index contributed by atoms with van der Waals surface area (Å²) in [7, 11) is 0. The number of furan rings is 1. The molecule has 0 bridgehead atoms. The van der Waals surface area contributed by atoms with Gasteiger partial charge < -0.3 is 19.5 Å². The molecule has 0 unspecified atom stereocenters. The zero-order valence-corrected chi connectivity index (χ0v) is 14.7. The average molecular weight is 354 g/mol. The number of aromatic nitrogens is 1. The largest absolute Gasteiger partial charge is 0.467 e. The Morgan fingerprint density at radius 3 is 2.88 bits per heavy atom. The van der Waals surface area contributed by atoms with Crippen LogP contribution in [0.2, 0.25) is 0 Å². The van der Waals surface area contributed by atoms with Crippen LogP contribution in [0.4, 0.5) is 0 Å². The maximum atomic E-state index is 12.0. The fourth-order valence-corrected chi connectivity index (χ4v) is 2.80. The lowest BCUT2D eigenvalue weighted by Gasteiger charge is -2.13. The maximum absolute atomic E-state index is 12.0. The maximum Gasteiger partial charge on any atom is 0.306 e. The summed E-state index contributed by atoms with van der Waals surface area (Å²) < 4.78 is 10.3. The van der Waals surface area contributed by atoms with Gasteiger partial charge in [0.1, 0.15) is 5.76 Å². The molecule has 0 aliphatic carbocycles. The minimum Gasteiger partial charge on any atom is -0.467 e. The molecule has 0 fully saturated rings. The Morgan fingerprint density at radius 2 is 2.08 bits per heavy atom. The molecular weight excluding hydrogens is 332 g/mol. The van der Waals surface area contributed by atoms with Gasteiger partial charge in [0, 0.05) is 23.5 Å². The lowest BCUT2D eigenvalue weighted by molar-refractivity contribution is -0.155. The molecule has 26 heavy (non-hydrogen) atoms. The lowest BCUT2D eigenvalue weighted by atomic mass is 10.1. The SMILES string of the molecule is C[C@H](OC(=O)CCCc1c[nH]c2ccccc12)C(=O)NCc1ccco1. The molecule has 2 N–H and O–H groups in total. The number of amides is 1. The molecule has 0 saturated heterocycles. The van der Waals surface area contributed by atoms with E-state index in [0.717, 1.165) is 11.9 Å². The molecule has 1 aromatic carbocycles. The summed E-state index contributed by atoms with van der Waals surface area (Å²) in [6.07, 6.45) is 4.40. The Labute approximate surface area is 151 Å². The topological polar surface area (TPSA) is 84.3 Å². The third-order valence-electron chi connectivity index (χ3n) is 4.20. The third kappa shape index (κ3) is 4.53. The molecule has 0 aliphatic heterocycles. The van der Waals surface area contributed by atoms with Crippen LogP contribution in [-0.2, 0) is 27.3 Å². The van der Waals surface area contributed by atoms with E-state index in [0.29, 0.717) is 12.2 Å². The summed E-state index contributed by atoms with van der Waals surface area (Å²) >= 11 is 0. The van der Waals surface area contributed by atoms with E-state index < -0.39 is 6.10 Å². The summed E-state index contributed by atoms with van der Waals surface area (Å²) in [5.74, 6) is -0.0625. The van der Waals surface area contributed by atoms with Crippen LogP contribution in [0.5, 0.6) is 0 Å². The van der Waals surface area contributed by atoms with Crippen LogP contribution in [0.25, 0.3) is 10.9 Å². The van der Waals surface area contributed by atoms with Gasteiger partial charge in [0.05, 0.1) is 12.8 Å². The highest BCUT2D eigenvalue weighted by atomic mass is 16.5. The van der Waals surface area contributed by atoms with Gasteiger partial charge >= 0.3 is 5.97 Å². The van der Waals surface area contributed by atoms with Crippen LogP contribution in [0, 0.1) is 0 Å². The summed E-state index contributed by atoms with van der Waals surface area (Å²) in [5.41, 5.74) is 2.27. The van der Waals surface area contributed by atoms with E-state index in [1.54, 1.807) is 25.3 Å². The second kappa shape index (κ2) is 8.38. The van der Waals surface area contributed by atoms with Crippen LogP contribution >= 0.6 is 0 Å². The second-order valence-corrected chi connectivity index (χ2v) is 6.14. The van der Waals surface area contributed by atoms with Gasteiger partial charge in [0.2, 0.25) is 0 Å². The van der Waals surface area contributed by atoms with Crippen LogP contribution in [0.15, 0.2) is 53.3 Å². The average Bonchev–Trinajstić information content (AvgIpc) is 3.29. The number of H-pyrrole nitrogens is 1. The Morgan fingerprint density at radius 1 is 1.23 bits per heavy atom. The molecule has 2 heterocycles. The van der Waals surface area contributed by atoms with Gasteiger partial charge in [-0.2, -0.15) is 0 Å². The minimum atomic E-state index is -0.828. The number of nitrogens with one attached hydrogen (secondary N) is 2. The third-order valence-corrected chi connectivity index (χ3v) is 4.20. The highest BCUT2D eigenvalue weighted by Crippen LogP contribution is 2.19. The fraction of sp³-hybridized carbons (Fsp3) is 0.300. The predicted molar refractivity (Wildman–Crippen MR) is 97.3 cm³/mol. The van der Waals surface area contributed by atoms with E-state index >= 15 is 0 Å². The molecule has 2 aromatic heterocycles. The van der Waals surface area contributed by atoms with Crippen LogP contribution in [0.3, 0.4) is 0 Å². The van der Waals surface area contributed by atoms with Crippen molar-refractivity contribution in [3.8, 4) is 0 Å². The van der Waals surface area contributed by atoms with Crippen molar-refractivity contribution in [2.45, 2.75) is 38.8 Å². The molecular formula is C20H22N2O4. The first-order chi connectivity index (χ1) is 12.6. The Bertz CT molecular complexity index is 867. The van der Waals surface area contributed by atoms with E-state index in [9.17, 15) is 9.59 Å². The normalized spacial score (nSPS) is 12.0. The van der Waals surface area contributed by atoms with Gasteiger partial charge in [-0.05, 0) is 43.5 Å². The number of carbonyl (C=O) groups is 2. The van der Waals surface area contributed by atoms with Crippen LogP contribution in [0.1, 0.15) is 31.1 Å². The number of aromatic amines is 1. The number of fused-ring (bicyclic) bond motifs is 1. The molecule has 1 amide bonds. The Hall–Kier alpha value is -3.02. The van der Waals surface area contributed by atoms with Gasteiger partial charge in [-0.25, -0.2) is 0 Å². The van der Waals surface area contributed by atoms with E-state index in [1.807, 2.05) is 24.4 Å². The highest BCUT2D eigenvalue weighted by molar-refractivity contribution is 5.84. The van der Waals surface area contributed by atoms with Crippen LogP contribution in [-0.4, -0.2) is 23.0 Å². The number of carbonyl (C=O) groups excluding carboxylic acids is 2. The van der Waals surface area contributed by atoms with Crippen molar-refractivity contribution in [2.24, 2.45) is 0 Å². The number of ether oxygens (including phenoxy) is 1. The molecule has 0 radical (unpaired) electrons. The van der Waals surface area contributed by atoms with Crippen molar-refractivity contribution >= 4 is 22.8 Å². The predicted octanol–water partition coefficient (Wildman–Crippen LogP) is 3.33. The summed E-state index contributed by atoms with van der Waals surface area (Å²) in [4.78, 5) is 27.1. The zero-order valence-electron chi connectivity index (χ0n) is 14.7. The first-order valence-corrected chi connectivity index (χ1v) is 8.68. The molecule has 0 spiro atoms. The van der Waals surface area contributed by atoms with Crippen molar-refractivity contribution in [1.82, 2.24) is 10.3 Å².